The highest BCUT2D eigenvalue weighted by molar-refractivity contribution is 7.89. The number of hydrogen-bond acceptors (Lipinski definition) is 4. The Balaban J connectivity index is 1.91. The molecule has 130 valence electrons. The van der Waals surface area contributed by atoms with Gasteiger partial charge in [0.25, 0.3) is 0 Å². The van der Waals surface area contributed by atoms with Crippen LogP contribution in [0.1, 0.15) is 43.2 Å². The van der Waals surface area contributed by atoms with Crippen LogP contribution in [0.25, 0.3) is 0 Å². The molecule has 1 aromatic rings. The SMILES string of the molecule is Cc1ccc(S(=O)(=O)NCCC(=O)NC2(C#N)CCCC2)c(C)c1. The van der Waals surface area contributed by atoms with Crippen LogP contribution in [0.2, 0.25) is 0 Å². The molecule has 2 rings (SSSR count). The van der Waals surface area contributed by atoms with Gasteiger partial charge in [0.15, 0.2) is 0 Å². The Morgan fingerprint density at radius 2 is 1.96 bits per heavy atom. The van der Waals surface area contributed by atoms with E-state index in [1.807, 2.05) is 6.92 Å². The van der Waals surface area contributed by atoms with Crippen molar-refractivity contribution in [2.45, 2.75) is 56.4 Å². The lowest BCUT2D eigenvalue weighted by Crippen LogP contribution is -2.46. The van der Waals surface area contributed by atoms with Crippen molar-refractivity contribution in [2.24, 2.45) is 0 Å². The molecular formula is C17H23N3O3S. The monoisotopic (exact) mass is 349 g/mol. The van der Waals surface area contributed by atoms with E-state index >= 15 is 0 Å². The second-order valence-corrected chi connectivity index (χ2v) is 8.10. The molecular weight excluding hydrogens is 326 g/mol. The van der Waals surface area contributed by atoms with E-state index < -0.39 is 15.6 Å². The van der Waals surface area contributed by atoms with Gasteiger partial charge in [0, 0.05) is 13.0 Å². The van der Waals surface area contributed by atoms with Gasteiger partial charge in [-0.05, 0) is 51.2 Å². The number of nitriles is 1. The van der Waals surface area contributed by atoms with Gasteiger partial charge in [-0.2, -0.15) is 5.26 Å². The molecule has 0 radical (unpaired) electrons. The van der Waals surface area contributed by atoms with Crippen LogP contribution in [0.15, 0.2) is 23.1 Å². The molecule has 0 spiro atoms. The lowest BCUT2D eigenvalue weighted by atomic mass is 10.00. The van der Waals surface area contributed by atoms with Crippen LogP contribution in [-0.2, 0) is 14.8 Å². The predicted molar refractivity (Wildman–Crippen MR) is 90.7 cm³/mol. The minimum Gasteiger partial charge on any atom is -0.338 e. The first-order valence-corrected chi connectivity index (χ1v) is 9.55. The molecule has 1 saturated carbocycles. The Kier molecular flexibility index (Phi) is 5.62. The quantitative estimate of drug-likeness (QED) is 0.819. The van der Waals surface area contributed by atoms with E-state index in [4.69, 9.17) is 0 Å². The lowest BCUT2D eigenvalue weighted by molar-refractivity contribution is -0.122. The molecule has 0 unspecified atom stereocenters. The number of nitrogens with zero attached hydrogens (tertiary/aromatic N) is 1. The van der Waals surface area contributed by atoms with Crippen molar-refractivity contribution in [3.8, 4) is 6.07 Å². The number of nitrogens with one attached hydrogen (secondary N) is 2. The minimum atomic E-state index is -3.65. The first-order chi connectivity index (χ1) is 11.3. The van der Waals surface area contributed by atoms with Crippen molar-refractivity contribution in [1.29, 1.82) is 5.26 Å². The second kappa shape index (κ2) is 7.32. The molecule has 6 nitrogen and oxygen atoms in total. The number of aryl methyl sites for hydroxylation is 2. The van der Waals surface area contributed by atoms with Crippen molar-refractivity contribution in [2.75, 3.05) is 6.54 Å². The van der Waals surface area contributed by atoms with Gasteiger partial charge in [-0.15, -0.1) is 0 Å². The Labute approximate surface area is 143 Å². The third kappa shape index (κ3) is 4.34. The van der Waals surface area contributed by atoms with Gasteiger partial charge in [0.2, 0.25) is 15.9 Å². The van der Waals surface area contributed by atoms with Gasteiger partial charge in [-0.1, -0.05) is 17.7 Å². The summed E-state index contributed by atoms with van der Waals surface area (Å²) < 4.78 is 27.1. The van der Waals surface area contributed by atoms with E-state index in [2.05, 4.69) is 16.1 Å². The zero-order valence-corrected chi connectivity index (χ0v) is 14.9. The third-order valence-corrected chi connectivity index (χ3v) is 5.94. The molecule has 1 aliphatic carbocycles. The zero-order chi connectivity index (χ0) is 17.8. The smallest absolute Gasteiger partial charge is 0.240 e. The van der Waals surface area contributed by atoms with Crippen molar-refractivity contribution in [3.63, 3.8) is 0 Å². The van der Waals surface area contributed by atoms with Crippen molar-refractivity contribution in [3.05, 3.63) is 29.3 Å². The number of benzene rings is 1. The van der Waals surface area contributed by atoms with Gasteiger partial charge in [-0.3, -0.25) is 4.79 Å². The average molecular weight is 349 g/mol. The van der Waals surface area contributed by atoms with Crippen LogP contribution in [0.3, 0.4) is 0 Å². The summed E-state index contributed by atoms with van der Waals surface area (Å²) in [7, 11) is -3.65. The molecule has 0 bridgehead atoms. The van der Waals surface area contributed by atoms with E-state index in [1.165, 1.54) is 0 Å². The lowest BCUT2D eigenvalue weighted by Gasteiger charge is -2.22. The van der Waals surface area contributed by atoms with Crippen LogP contribution >= 0.6 is 0 Å². The fraction of sp³-hybridized carbons (Fsp3) is 0.529. The standard InChI is InChI=1S/C17H23N3O3S/c1-13-5-6-15(14(2)11-13)24(22,23)19-10-7-16(21)20-17(12-18)8-3-4-9-17/h5-6,11,19H,3-4,7-10H2,1-2H3,(H,20,21). The van der Waals surface area contributed by atoms with Crippen molar-refractivity contribution in [1.82, 2.24) is 10.0 Å². The van der Waals surface area contributed by atoms with E-state index in [0.717, 1.165) is 18.4 Å². The maximum Gasteiger partial charge on any atom is 0.240 e. The predicted octanol–water partition coefficient (Wildman–Crippen LogP) is 1.92. The van der Waals surface area contributed by atoms with Crippen LogP contribution in [0, 0.1) is 25.2 Å². The molecule has 0 aliphatic heterocycles. The highest BCUT2D eigenvalue weighted by atomic mass is 32.2. The summed E-state index contributed by atoms with van der Waals surface area (Å²) in [6.07, 6.45) is 3.17. The van der Waals surface area contributed by atoms with E-state index in [0.29, 0.717) is 18.4 Å². The summed E-state index contributed by atoms with van der Waals surface area (Å²) in [5, 5.41) is 12.0. The number of hydrogen-bond donors (Lipinski definition) is 2. The Morgan fingerprint density at radius 3 is 2.54 bits per heavy atom. The Hall–Kier alpha value is -1.91. The maximum atomic E-state index is 12.3. The summed E-state index contributed by atoms with van der Waals surface area (Å²) in [6, 6.07) is 7.29. The van der Waals surface area contributed by atoms with Crippen LogP contribution < -0.4 is 10.0 Å². The fourth-order valence-corrected chi connectivity index (χ4v) is 4.31. The molecule has 7 heteroatoms. The molecule has 0 aromatic heterocycles. The molecule has 1 fully saturated rings. The topological polar surface area (TPSA) is 99.1 Å². The highest BCUT2D eigenvalue weighted by Crippen LogP contribution is 2.28. The number of amides is 1. The minimum absolute atomic E-state index is 0.00297. The first kappa shape index (κ1) is 18.4. The summed E-state index contributed by atoms with van der Waals surface area (Å²) in [5.74, 6) is -0.304. The summed E-state index contributed by atoms with van der Waals surface area (Å²) in [4.78, 5) is 12.2. The molecule has 2 N–H and O–H groups in total. The number of rotatable bonds is 6. The number of sulfonamides is 1. The second-order valence-electron chi connectivity index (χ2n) is 6.37. The zero-order valence-electron chi connectivity index (χ0n) is 14.1. The summed E-state index contributed by atoms with van der Waals surface area (Å²) in [6.45, 7) is 3.64. The van der Waals surface area contributed by atoms with E-state index in [-0.39, 0.29) is 23.8 Å². The molecule has 0 atom stereocenters. The molecule has 0 heterocycles. The molecule has 0 saturated heterocycles. The van der Waals surface area contributed by atoms with Gasteiger partial charge >= 0.3 is 0 Å². The van der Waals surface area contributed by atoms with Crippen molar-refractivity contribution >= 4 is 15.9 Å². The Bertz CT molecular complexity index is 760. The third-order valence-electron chi connectivity index (χ3n) is 4.31. The number of carbonyl (C=O) groups is 1. The molecule has 1 aliphatic rings. The van der Waals surface area contributed by atoms with E-state index in [9.17, 15) is 18.5 Å². The first-order valence-electron chi connectivity index (χ1n) is 8.07. The van der Waals surface area contributed by atoms with Gasteiger partial charge < -0.3 is 5.32 Å². The molecule has 1 amide bonds. The average Bonchev–Trinajstić information content (AvgIpc) is 2.95. The van der Waals surface area contributed by atoms with E-state index in [1.54, 1.807) is 25.1 Å². The van der Waals surface area contributed by atoms with Crippen LogP contribution in [0.4, 0.5) is 0 Å². The van der Waals surface area contributed by atoms with Crippen molar-refractivity contribution < 1.29 is 13.2 Å². The normalized spacial score (nSPS) is 16.5. The van der Waals surface area contributed by atoms with Gasteiger partial charge in [-0.25, -0.2) is 13.1 Å². The largest absolute Gasteiger partial charge is 0.338 e. The fourth-order valence-electron chi connectivity index (χ4n) is 3.05. The maximum absolute atomic E-state index is 12.3. The number of carbonyl (C=O) groups excluding carboxylic acids is 1. The molecule has 1 aromatic carbocycles. The highest BCUT2D eigenvalue weighted by Gasteiger charge is 2.35. The molecule has 24 heavy (non-hydrogen) atoms. The Morgan fingerprint density at radius 1 is 1.29 bits per heavy atom. The summed E-state index contributed by atoms with van der Waals surface area (Å²) in [5.41, 5.74) is 0.884. The van der Waals surface area contributed by atoms with Crippen LogP contribution in [-0.4, -0.2) is 26.4 Å². The van der Waals surface area contributed by atoms with Gasteiger partial charge in [0.1, 0.15) is 5.54 Å². The summed E-state index contributed by atoms with van der Waals surface area (Å²) >= 11 is 0. The van der Waals surface area contributed by atoms with Crippen LogP contribution in [0.5, 0.6) is 0 Å². The van der Waals surface area contributed by atoms with Gasteiger partial charge in [0.05, 0.1) is 11.0 Å².